The Balaban J connectivity index is 1.97. The first-order valence-corrected chi connectivity index (χ1v) is 6.64. The summed E-state index contributed by atoms with van der Waals surface area (Å²) < 4.78 is 5.40. The van der Waals surface area contributed by atoms with Crippen LogP contribution in [-0.4, -0.2) is 23.4 Å². The van der Waals surface area contributed by atoms with Crippen LogP contribution in [0.2, 0.25) is 0 Å². The molecule has 3 heterocycles. The number of pyridine rings is 1. The molecule has 0 spiro atoms. The molecule has 1 atom stereocenters. The third-order valence-electron chi connectivity index (χ3n) is 3.16. The van der Waals surface area contributed by atoms with Gasteiger partial charge in [-0.25, -0.2) is 4.98 Å². The first-order chi connectivity index (χ1) is 7.88. The highest BCUT2D eigenvalue weighted by Crippen LogP contribution is 2.29. The average molecular weight is 281 g/mol. The lowest BCUT2D eigenvalue weighted by Crippen LogP contribution is -2.21. The first kappa shape index (κ1) is 10.1. The zero-order valence-electron chi connectivity index (χ0n) is 8.90. The van der Waals surface area contributed by atoms with Gasteiger partial charge in [0.15, 0.2) is 0 Å². The average Bonchev–Trinajstić information content (AvgIpc) is 2.97. The van der Waals surface area contributed by atoms with Gasteiger partial charge in [0, 0.05) is 24.6 Å². The molecule has 3 nitrogen and oxygen atoms in total. The van der Waals surface area contributed by atoms with Crippen LogP contribution in [0.3, 0.4) is 0 Å². The van der Waals surface area contributed by atoms with Crippen molar-refractivity contribution >= 4 is 32.7 Å². The number of halogens is 1. The van der Waals surface area contributed by atoms with Crippen molar-refractivity contribution in [2.24, 2.45) is 5.92 Å². The highest BCUT2D eigenvalue weighted by atomic mass is 79.9. The van der Waals surface area contributed by atoms with Gasteiger partial charge in [0.1, 0.15) is 11.4 Å². The first-order valence-electron chi connectivity index (χ1n) is 5.51. The molecule has 0 aliphatic carbocycles. The molecule has 1 aliphatic heterocycles. The fourth-order valence-electron chi connectivity index (χ4n) is 2.28. The van der Waals surface area contributed by atoms with E-state index < -0.39 is 0 Å². The number of aromatic nitrogens is 1. The molecule has 0 radical (unpaired) electrons. The van der Waals surface area contributed by atoms with Crippen molar-refractivity contribution in [1.82, 2.24) is 4.98 Å². The van der Waals surface area contributed by atoms with Crippen molar-refractivity contribution in [2.75, 3.05) is 23.3 Å². The number of rotatable bonds is 2. The third-order valence-corrected chi connectivity index (χ3v) is 4.08. The van der Waals surface area contributed by atoms with Gasteiger partial charge in [-0.1, -0.05) is 15.9 Å². The maximum atomic E-state index is 5.40. The molecule has 0 aromatic carbocycles. The Hall–Kier alpha value is -1.03. The number of hydrogen-bond donors (Lipinski definition) is 0. The topological polar surface area (TPSA) is 29.3 Å². The van der Waals surface area contributed by atoms with Crippen LogP contribution in [0.25, 0.3) is 11.0 Å². The summed E-state index contributed by atoms with van der Waals surface area (Å²) in [4.78, 5) is 6.83. The van der Waals surface area contributed by atoms with E-state index in [4.69, 9.17) is 4.42 Å². The van der Waals surface area contributed by atoms with E-state index in [-0.39, 0.29) is 0 Å². The second-order valence-electron chi connectivity index (χ2n) is 4.22. The molecule has 1 fully saturated rings. The molecular formula is C12H13BrN2O. The highest BCUT2D eigenvalue weighted by molar-refractivity contribution is 9.09. The van der Waals surface area contributed by atoms with E-state index in [1.807, 2.05) is 18.3 Å². The number of furan rings is 1. The van der Waals surface area contributed by atoms with Crippen molar-refractivity contribution in [3.8, 4) is 0 Å². The molecule has 1 saturated heterocycles. The molecule has 3 rings (SSSR count). The van der Waals surface area contributed by atoms with E-state index in [1.165, 1.54) is 6.42 Å². The molecule has 0 saturated carbocycles. The Bertz CT molecular complexity index is 496. The van der Waals surface area contributed by atoms with Crippen LogP contribution in [0.5, 0.6) is 0 Å². The van der Waals surface area contributed by atoms with E-state index in [9.17, 15) is 0 Å². The monoisotopic (exact) mass is 280 g/mol. The lowest BCUT2D eigenvalue weighted by Gasteiger charge is -2.17. The summed E-state index contributed by atoms with van der Waals surface area (Å²) in [5, 5.41) is 2.20. The van der Waals surface area contributed by atoms with Crippen LogP contribution in [0.15, 0.2) is 29.0 Å². The molecule has 0 amide bonds. The van der Waals surface area contributed by atoms with Gasteiger partial charge in [0.05, 0.1) is 11.6 Å². The van der Waals surface area contributed by atoms with Crippen molar-refractivity contribution < 1.29 is 4.42 Å². The predicted molar refractivity (Wildman–Crippen MR) is 68.1 cm³/mol. The Morgan fingerprint density at radius 1 is 1.50 bits per heavy atom. The summed E-state index contributed by atoms with van der Waals surface area (Å²) in [5.74, 6) is 1.80. The van der Waals surface area contributed by atoms with Gasteiger partial charge in [-0.3, -0.25) is 0 Å². The summed E-state index contributed by atoms with van der Waals surface area (Å²) in [6.07, 6.45) is 4.79. The van der Waals surface area contributed by atoms with Gasteiger partial charge in [0.2, 0.25) is 0 Å². The van der Waals surface area contributed by atoms with Crippen LogP contribution >= 0.6 is 15.9 Å². The number of anilines is 1. The second kappa shape index (κ2) is 4.09. The van der Waals surface area contributed by atoms with Crippen LogP contribution in [0, 0.1) is 5.92 Å². The van der Waals surface area contributed by atoms with Crippen molar-refractivity contribution in [2.45, 2.75) is 6.42 Å². The summed E-state index contributed by atoms with van der Waals surface area (Å²) in [6, 6.07) is 3.91. The minimum atomic E-state index is 0.740. The summed E-state index contributed by atoms with van der Waals surface area (Å²) in [7, 11) is 0. The van der Waals surface area contributed by atoms with Crippen molar-refractivity contribution in [3.63, 3.8) is 0 Å². The third kappa shape index (κ3) is 1.61. The fraction of sp³-hybridized carbons (Fsp3) is 0.417. The summed E-state index contributed by atoms with van der Waals surface area (Å²) in [6.45, 7) is 2.18. The number of alkyl halides is 1. The maximum absolute atomic E-state index is 5.40. The molecule has 0 bridgehead atoms. The molecule has 1 unspecified atom stereocenters. The molecular weight excluding hydrogens is 268 g/mol. The predicted octanol–water partition coefficient (Wildman–Crippen LogP) is 3.05. The number of hydrogen-bond acceptors (Lipinski definition) is 3. The summed E-state index contributed by atoms with van der Waals surface area (Å²) in [5.41, 5.74) is 0.923. The Labute approximate surface area is 103 Å². The molecule has 1 aliphatic rings. The SMILES string of the molecule is BrCC1CCN(c2nccc3occc23)C1. The van der Waals surface area contributed by atoms with Gasteiger partial charge >= 0.3 is 0 Å². The van der Waals surface area contributed by atoms with Gasteiger partial charge < -0.3 is 9.32 Å². The van der Waals surface area contributed by atoms with Crippen LogP contribution in [0.1, 0.15) is 6.42 Å². The maximum Gasteiger partial charge on any atom is 0.139 e. The van der Waals surface area contributed by atoms with Gasteiger partial charge in [-0.2, -0.15) is 0 Å². The summed E-state index contributed by atoms with van der Waals surface area (Å²) >= 11 is 3.55. The molecule has 4 heteroatoms. The lowest BCUT2D eigenvalue weighted by atomic mass is 10.2. The minimum absolute atomic E-state index is 0.740. The Morgan fingerprint density at radius 3 is 3.25 bits per heavy atom. The van der Waals surface area contributed by atoms with Crippen LogP contribution in [0.4, 0.5) is 5.82 Å². The molecule has 84 valence electrons. The van der Waals surface area contributed by atoms with Crippen LogP contribution < -0.4 is 4.90 Å². The van der Waals surface area contributed by atoms with Gasteiger partial charge in [0.25, 0.3) is 0 Å². The van der Waals surface area contributed by atoms with Crippen LogP contribution in [-0.2, 0) is 0 Å². The molecule has 16 heavy (non-hydrogen) atoms. The normalized spacial score (nSPS) is 20.8. The van der Waals surface area contributed by atoms with Gasteiger partial charge in [-0.15, -0.1) is 0 Å². The second-order valence-corrected chi connectivity index (χ2v) is 4.87. The number of nitrogens with zero attached hydrogens (tertiary/aromatic N) is 2. The fourth-order valence-corrected chi connectivity index (χ4v) is 2.81. The zero-order valence-corrected chi connectivity index (χ0v) is 10.5. The Morgan fingerprint density at radius 2 is 2.44 bits per heavy atom. The minimum Gasteiger partial charge on any atom is -0.464 e. The highest BCUT2D eigenvalue weighted by Gasteiger charge is 2.24. The molecule has 0 N–H and O–H groups in total. The zero-order chi connectivity index (χ0) is 11.0. The van der Waals surface area contributed by atoms with E-state index in [1.54, 1.807) is 6.26 Å². The molecule has 2 aromatic rings. The van der Waals surface area contributed by atoms with E-state index >= 15 is 0 Å². The lowest BCUT2D eigenvalue weighted by molar-refractivity contribution is 0.615. The largest absolute Gasteiger partial charge is 0.464 e. The quantitative estimate of drug-likeness (QED) is 0.792. The standard InChI is InChI=1S/C12H13BrN2O/c13-7-9-2-5-15(8-9)12-10-3-6-16-11(10)1-4-14-12/h1,3-4,6,9H,2,5,7-8H2. The van der Waals surface area contributed by atoms with E-state index in [0.717, 1.165) is 41.1 Å². The number of fused-ring (bicyclic) bond motifs is 1. The smallest absolute Gasteiger partial charge is 0.139 e. The van der Waals surface area contributed by atoms with E-state index in [2.05, 4.69) is 25.8 Å². The van der Waals surface area contributed by atoms with E-state index in [0.29, 0.717) is 0 Å². The van der Waals surface area contributed by atoms with Gasteiger partial charge in [-0.05, 0) is 24.5 Å². The Kier molecular flexibility index (Phi) is 2.59. The molecule has 2 aromatic heterocycles. The van der Waals surface area contributed by atoms with Crippen molar-refractivity contribution in [1.29, 1.82) is 0 Å². The van der Waals surface area contributed by atoms with Crippen molar-refractivity contribution in [3.05, 3.63) is 24.6 Å².